The first-order valence-corrected chi connectivity index (χ1v) is 8.19. The number of H-pyrrole nitrogens is 1. The van der Waals surface area contributed by atoms with Crippen molar-refractivity contribution in [2.45, 2.75) is 42.9 Å². The van der Waals surface area contributed by atoms with Crippen molar-refractivity contribution in [2.24, 2.45) is 0 Å². The van der Waals surface area contributed by atoms with Crippen molar-refractivity contribution < 1.29 is 8.78 Å². The van der Waals surface area contributed by atoms with Crippen LogP contribution in [-0.4, -0.2) is 35.3 Å². The Kier molecular flexibility index (Phi) is 4.22. The number of thioether (sulfide) groups is 1. The number of fused-ring (bicyclic) bond motifs is 1. The van der Waals surface area contributed by atoms with Crippen LogP contribution in [0.25, 0.3) is 10.9 Å². The van der Waals surface area contributed by atoms with Crippen LogP contribution in [0.4, 0.5) is 8.78 Å². The Morgan fingerprint density at radius 3 is 2.90 bits per heavy atom. The van der Waals surface area contributed by atoms with E-state index >= 15 is 0 Å². The minimum absolute atomic E-state index is 0.564. The molecule has 0 bridgehead atoms. The molecule has 2 nitrogen and oxygen atoms in total. The highest BCUT2D eigenvalue weighted by molar-refractivity contribution is 7.99. The number of nitrogens with one attached hydrogen (secondary N) is 1. The third-order valence-corrected chi connectivity index (χ3v) is 5.13. The minimum atomic E-state index is -2.37. The monoisotopic (exact) mass is 310 g/mol. The van der Waals surface area contributed by atoms with Gasteiger partial charge in [0, 0.05) is 27.5 Å². The van der Waals surface area contributed by atoms with Gasteiger partial charge in [0.05, 0.1) is 0 Å². The number of rotatable bonds is 4. The molecule has 1 aromatic carbocycles. The van der Waals surface area contributed by atoms with Crippen LogP contribution in [0.2, 0.25) is 0 Å². The van der Waals surface area contributed by atoms with Crippen LogP contribution in [0.5, 0.6) is 0 Å². The maximum absolute atomic E-state index is 12.6. The molecular formula is C16H20F2N2S. The molecule has 1 N–H and O–H groups in total. The van der Waals surface area contributed by atoms with Crippen LogP contribution in [0.3, 0.4) is 0 Å². The standard InChI is InChI=1S/C16H20F2N2S/c1-10-13(8-11-4-3-7-20(11)2)14-9-12(21-16(17)18)5-6-15(14)19-10/h5-6,9,11,16,19H,3-4,7-8H2,1-2H3/t11-/m1/s1. The van der Waals surface area contributed by atoms with Gasteiger partial charge in [0.1, 0.15) is 0 Å². The van der Waals surface area contributed by atoms with Crippen LogP contribution >= 0.6 is 11.8 Å². The summed E-state index contributed by atoms with van der Waals surface area (Å²) in [6.45, 7) is 3.22. The molecule has 0 radical (unpaired) electrons. The fourth-order valence-electron chi connectivity index (χ4n) is 3.27. The van der Waals surface area contributed by atoms with E-state index in [4.69, 9.17) is 0 Å². The zero-order valence-corrected chi connectivity index (χ0v) is 13.1. The zero-order chi connectivity index (χ0) is 15.0. The Bertz CT molecular complexity index is 638. The number of likely N-dealkylation sites (tertiary alicyclic amines) is 1. The fourth-order valence-corrected chi connectivity index (χ4v) is 3.81. The first-order valence-electron chi connectivity index (χ1n) is 7.31. The van der Waals surface area contributed by atoms with Gasteiger partial charge in [0.25, 0.3) is 5.76 Å². The minimum Gasteiger partial charge on any atom is -0.358 e. The van der Waals surface area contributed by atoms with Gasteiger partial charge < -0.3 is 9.88 Å². The Labute approximate surface area is 127 Å². The van der Waals surface area contributed by atoms with E-state index in [0.29, 0.717) is 22.7 Å². The van der Waals surface area contributed by atoms with Crippen LogP contribution < -0.4 is 0 Å². The second-order valence-electron chi connectivity index (χ2n) is 5.80. The van der Waals surface area contributed by atoms with Crippen LogP contribution in [-0.2, 0) is 6.42 Å². The number of nitrogens with zero attached hydrogens (tertiary/aromatic N) is 1. The molecule has 1 aliphatic heterocycles. The molecule has 114 valence electrons. The summed E-state index contributed by atoms with van der Waals surface area (Å²) >= 11 is 0.617. The SMILES string of the molecule is Cc1[nH]c2ccc(SC(F)F)cc2c1C[C@H]1CCCN1C. The van der Waals surface area contributed by atoms with Crippen LogP contribution in [0, 0.1) is 6.92 Å². The molecule has 1 saturated heterocycles. The van der Waals surface area contributed by atoms with Gasteiger partial charge in [-0.1, -0.05) is 11.8 Å². The predicted molar refractivity (Wildman–Crippen MR) is 84.3 cm³/mol. The lowest BCUT2D eigenvalue weighted by Crippen LogP contribution is -2.26. The molecule has 5 heteroatoms. The summed E-state index contributed by atoms with van der Waals surface area (Å²) in [4.78, 5) is 6.42. The Morgan fingerprint density at radius 1 is 1.43 bits per heavy atom. The third-order valence-electron chi connectivity index (χ3n) is 4.43. The van der Waals surface area contributed by atoms with Crippen molar-refractivity contribution in [1.82, 2.24) is 9.88 Å². The van der Waals surface area contributed by atoms with Crippen molar-refractivity contribution >= 4 is 22.7 Å². The predicted octanol–water partition coefficient (Wildman–Crippen LogP) is 4.43. The Morgan fingerprint density at radius 2 is 2.24 bits per heavy atom. The average molecular weight is 310 g/mol. The molecule has 1 atom stereocenters. The summed E-state index contributed by atoms with van der Waals surface area (Å²) in [5.74, 6) is -2.37. The quantitative estimate of drug-likeness (QED) is 0.843. The van der Waals surface area contributed by atoms with Gasteiger partial charge in [0.15, 0.2) is 0 Å². The van der Waals surface area contributed by atoms with E-state index in [2.05, 4.69) is 23.9 Å². The first kappa shape index (κ1) is 14.9. The highest BCUT2D eigenvalue weighted by Crippen LogP contribution is 2.32. The number of halogens is 2. The summed E-state index contributed by atoms with van der Waals surface area (Å²) in [5.41, 5.74) is 3.48. The van der Waals surface area contributed by atoms with E-state index in [0.717, 1.165) is 29.6 Å². The molecule has 1 fully saturated rings. The highest BCUT2D eigenvalue weighted by Gasteiger charge is 2.23. The normalized spacial score (nSPS) is 20.0. The summed E-state index contributed by atoms with van der Waals surface area (Å²) in [5, 5.41) is 1.10. The number of aromatic amines is 1. The fraction of sp³-hybridized carbons (Fsp3) is 0.500. The lowest BCUT2D eigenvalue weighted by molar-refractivity contribution is 0.252. The number of hydrogen-bond acceptors (Lipinski definition) is 2. The molecule has 0 amide bonds. The van der Waals surface area contributed by atoms with Gasteiger partial charge in [-0.25, -0.2) is 0 Å². The third kappa shape index (κ3) is 3.09. The number of aryl methyl sites for hydroxylation is 1. The number of likely N-dealkylation sites (N-methyl/N-ethyl adjacent to an activating group) is 1. The van der Waals surface area contributed by atoms with Gasteiger partial charge in [-0.05, 0) is 63.5 Å². The van der Waals surface area contributed by atoms with E-state index in [1.807, 2.05) is 12.1 Å². The zero-order valence-electron chi connectivity index (χ0n) is 12.3. The Hall–Kier alpha value is -1.07. The van der Waals surface area contributed by atoms with Gasteiger partial charge in [0.2, 0.25) is 0 Å². The maximum atomic E-state index is 12.6. The van der Waals surface area contributed by atoms with Crippen molar-refractivity contribution in [2.75, 3.05) is 13.6 Å². The second-order valence-corrected chi connectivity index (χ2v) is 6.86. The largest absolute Gasteiger partial charge is 0.358 e. The molecule has 21 heavy (non-hydrogen) atoms. The van der Waals surface area contributed by atoms with Crippen molar-refractivity contribution in [3.05, 3.63) is 29.5 Å². The van der Waals surface area contributed by atoms with Gasteiger partial charge >= 0.3 is 0 Å². The molecule has 0 saturated carbocycles. The lowest BCUT2D eigenvalue weighted by atomic mass is 10.0. The molecule has 0 spiro atoms. The van der Waals surface area contributed by atoms with E-state index in [9.17, 15) is 8.78 Å². The van der Waals surface area contributed by atoms with Crippen molar-refractivity contribution in [3.8, 4) is 0 Å². The number of alkyl halides is 2. The van der Waals surface area contributed by atoms with Gasteiger partial charge in [-0.3, -0.25) is 0 Å². The molecule has 0 unspecified atom stereocenters. The summed E-state index contributed by atoms with van der Waals surface area (Å²) in [6, 6.07) is 6.14. The van der Waals surface area contributed by atoms with E-state index in [1.165, 1.54) is 18.4 Å². The molecular weight excluding hydrogens is 290 g/mol. The topological polar surface area (TPSA) is 19.0 Å². The van der Waals surface area contributed by atoms with Crippen LogP contribution in [0.1, 0.15) is 24.1 Å². The molecule has 2 heterocycles. The Balaban J connectivity index is 1.94. The number of hydrogen-bond donors (Lipinski definition) is 1. The summed E-state index contributed by atoms with van der Waals surface area (Å²) < 4.78 is 25.1. The molecule has 0 aliphatic carbocycles. The molecule has 3 rings (SSSR count). The second kappa shape index (κ2) is 5.97. The lowest BCUT2D eigenvalue weighted by Gasteiger charge is -2.19. The highest BCUT2D eigenvalue weighted by atomic mass is 32.2. The average Bonchev–Trinajstić information content (AvgIpc) is 2.95. The smallest absolute Gasteiger partial charge is 0.288 e. The molecule has 1 aliphatic rings. The van der Waals surface area contributed by atoms with Crippen molar-refractivity contribution in [3.63, 3.8) is 0 Å². The molecule has 1 aromatic heterocycles. The van der Waals surface area contributed by atoms with E-state index in [-0.39, 0.29) is 0 Å². The van der Waals surface area contributed by atoms with Crippen LogP contribution in [0.15, 0.2) is 23.1 Å². The summed E-state index contributed by atoms with van der Waals surface area (Å²) in [6.07, 6.45) is 3.45. The number of benzene rings is 1. The maximum Gasteiger partial charge on any atom is 0.288 e. The van der Waals surface area contributed by atoms with Gasteiger partial charge in [-0.15, -0.1) is 0 Å². The first-order chi connectivity index (χ1) is 10.0. The molecule has 2 aromatic rings. The van der Waals surface area contributed by atoms with E-state index in [1.54, 1.807) is 6.07 Å². The van der Waals surface area contributed by atoms with Crippen molar-refractivity contribution in [1.29, 1.82) is 0 Å². The number of aromatic nitrogens is 1. The summed E-state index contributed by atoms with van der Waals surface area (Å²) in [7, 11) is 2.17. The van der Waals surface area contributed by atoms with E-state index < -0.39 is 5.76 Å². The van der Waals surface area contributed by atoms with Gasteiger partial charge in [-0.2, -0.15) is 8.78 Å².